The van der Waals surface area contributed by atoms with Crippen LogP contribution in [0.3, 0.4) is 0 Å². The summed E-state index contributed by atoms with van der Waals surface area (Å²) in [7, 11) is 0. The summed E-state index contributed by atoms with van der Waals surface area (Å²) in [5.74, 6) is 0.769. The van der Waals surface area contributed by atoms with E-state index >= 15 is 0 Å². The van der Waals surface area contributed by atoms with Gasteiger partial charge in [-0.25, -0.2) is 4.98 Å². The van der Waals surface area contributed by atoms with Crippen LogP contribution in [0.4, 0.5) is 5.69 Å². The Balaban J connectivity index is 2.20. The van der Waals surface area contributed by atoms with Crippen molar-refractivity contribution in [1.82, 2.24) is 9.55 Å². The third kappa shape index (κ3) is 3.00. The zero-order valence-corrected chi connectivity index (χ0v) is 10.9. The molecule has 0 aliphatic heterocycles. The minimum atomic E-state index is -0.518. The van der Waals surface area contributed by atoms with Gasteiger partial charge in [-0.1, -0.05) is 6.92 Å². The number of ketones is 1. The summed E-state index contributed by atoms with van der Waals surface area (Å²) in [5.41, 5.74) is -0.107. The first-order chi connectivity index (χ1) is 9.61. The smallest absolute Gasteiger partial charge is 0.314 e. The average molecular weight is 275 g/mol. The maximum Gasteiger partial charge on any atom is 0.314 e. The Morgan fingerprint density at radius 3 is 3.05 bits per heavy atom. The zero-order valence-electron chi connectivity index (χ0n) is 10.9. The molecule has 0 unspecified atom stereocenters. The summed E-state index contributed by atoms with van der Waals surface area (Å²) < 4.78 is 6.71. The van der Waals surface area contributed by atoms with E-state index in [1.807, 2.05) is 0 Å². The quantitative estimate of drug-likeness (QED) is 0.596. The van der Waals surface area contributed by atoms with Crippen LogP contribution < -0.4 is 0 Å². The van der Waals surface area contributed by atoms with Gasteiger partial charge in [0.15, 0.2) is 5.78 Å². The van der Waals surface area contributed by atoms with Crippen LogP contribution in [0, 0.1) is 10.1 Å². The van der Waals surface area contributed by atoms with Gasteiger partial charge in [0.25, 0.3) is 0 Å². The van der Waals surface area contributed by atoms with E-state index < -0.39 is 4.92 Å². The fraction of sp³-hybridized carbons (Fsp3) is 0.231. The number of hydrogen-bond donors (Lipinski definition) is 0. The Morgan fingerprint density at radius 2 is 2.35 bits per heavy atom. The number of imidazole rings is 1. The number of rotatable bonds is 6. The molecule has 0 saturated heterocycles. The first-order valence-electron chi connectivity index (χ1n) is 6.04. The standard InChI is InChI=1S/C13H13N3O4/c1-2-10(17)9-15-7-6-14-13(15)4-3-12-11(16(18)19)5-8-20-12/h3-8H,2,9H2,1H3/b4-3+. The minimum Gasteiger partial charge on any atom is -0.457 e. The highest BCUT2D eigenvalue weighted by Gasteiger charge is 2.14. The summed E-state index contributed by atoms with van der Waals surface area (Å²) in [6, 6.07) is 1.28. The molecule has 0 radical (unpaired) electrons. The van der Waals surface area contributed by atoms with Crippen molar-refractivity contribution in [1.29, 1.82) is 0 Å². The Kier molecular flexibility index (Phi) is 4.09. The molecule has 7 heteroatoms. The molecule has 0 amide bonds. The van der Waals surface area contributed by atoms with Crippen molar-refractivity contribution in [2.45, 2.75) is 19.9 Å². The lowest BCUT2D eigenvalue weighted by Crippen LogP contribution is -2.09. The van der Waals surface area contributed by atoms with Crippen LogP contribution in [0.5, 0.6) is 0 Å². The van der Waals surface area contributed by atoms with Gasteiger partial charge in [0.2, 0.25) is 5.76 Å². The molecular formula is C13H13N3O4. The number of carbonyl (C=O) groups excluding carboxylic acids is 1. The summed E-state index contributed by atoms with van der Waals surface area (Å²) in [6.45, 7) is 2.03. The first kappa shape index (κ1) is 13.7. The summed E-state index contributed by atoms with van der Waals surface area (Å²) in [5, 5.41) is 10.7. The largest absolute Gasteiger partial charge is 0.457 e. The maximum absolute atomic E-state index is 11.4. The van der Waals surface area contributed by atoms with E-state index in [2.05, 4.69) is 4.98 Å². The molecule has 0 aliphatic rings. The van der Waals surface area contributed by atoms with Crippen LogP contribution in [-0.4, -0.2) is 20.3 Å². The van der Waals surface area contributed by atoms with Crippen molar-refractivity contribution < 1.29 is 14.1 Å². The highest BCUT2D eigenvalue weighted by atomic mass is 16.6. The molecule has 20 heavy (non-hydrogen) atoms. The third-order valence-electron chi connectivity index (χ3n) is 2.74. The van der Waals surface area contributed by atoms with Crippen LogP contribution in [0.25, 0.3) is 12.2 Å². The summed E-state index contributed by atoms with van der Waals surface area (Å²) in [4.78, 5) is 25.7. The molecular weight excluding hydrogens is 262 g/mol. The van der Waals surface area contributed by atoms with Gasteiger partial charge in [-0.15, -0.1) is 0 Å². The number of furan rings is 1. The molecule has 0 aromatic carbocycles. The maximum atomic E-state index is 11.4. The molecule has 2 aromatic rings. The number of nitro groups is 1. The minimum absolute atomic E-state index is 0.0848. The average Bonchev–Trinajstić information content (AvgIpc) is 3.04. The van der Waals surface area contributed by atoms with Gasteiger partial charge in [-0.05, 0) is 12.2 Å². The van der Waals surface area contributed by atoms with Gasteiger partial charge in [-0.2, -0.15) is 0 Å². The fourth-order valence-electron chi connectivity index (χ4n) is 1.65. The lowest BCUT2D eigenvalue weighted by molar-refractivity contribution is -0.385. The first-order valence-corrected chi connectivity index (χ1v) is 6.04. The van der Waals surface area contributed by atoms with Crippen LogP contribution in [0.15, 0.2) is 29.1 Å². The summed E-state index contributed by atoms with van der Waals surface area (Å²) in [6.07, 6.45) is 8.00. The predicted molar refractivity (Wildman–Crippen MR) is 71.8 cm³/mol. The molecule has 0 bridgehead atoms. The molecule has 7 nitrogen and oxygen atoms in total. The van der Waals surface area contributed by atoms with Crippen molar-refractivity contribution in [2.75, 3.05) is 0 Å². The van der Waals surface area contributed by atoms with Gasteiger partial charge in [0.05, 0.1) is 23.8 Å². The second kappa shape index (κ2) is 5.96. The second-order valence-corrected chi connectivity index (χ2v) is 4.07. The van der Waals surface area contributed by atoms with E-state index in [4.69, 9.17) is 4.42 Å². The summed E-state index contributed by atoms with van der Waals surface area (Å²) >= 11 is 0. The Hall–Kier alpha value is -2.70. The molecule has 0 fully saturated rings. The van der Waals surface area contributed by atoms with Gasteiger partial charge in [0.1, 0.15) is 5.82 Å². The van der Waals surface area contributed by atoms with Crippen molar-refractivity contribution in [2.24, 2.45) is 0 Å². The van der Waals surface area contributed by atoms with Crippen molar-refractivity contribution in [3.05, 3.63) is 46.4 Å². The van der Waals surface area contributed by atoms with E-state index in [1.54, 1.807) is 30.0 Å². The van der Waals surface area contributed by atoms with E-state index in [0.29, 0.717) is 12.2 Å². The normalized spacial score (nSPS) is 11.1. The SMILES string of the molecule is CCC(=O)Cn1ccnc1/C=C/c1occc1[N+](=O)[O-]. The molecule has 0 atom stereocenters. The molecule has 2 heterocycles. The number of aromatic nitrogens is 2. The van der Waals surface area contributed by atoms with Crippen molar-refractivity contribution in [3.8, 4) is 0 Å². The third-order valence-corrected chi connectivity index (χ3v) is 2.74. The number of carbonyl (C=O) groups is 1. The predicted octanol–water partition coefficient (Wildman–Crippen LogP) is 2.53. The van der Waals surface area contributed by atoms with E-state index in [9.17, 15) is 14.9 Å². The highest BCUT2D eigenvalue weighted by Crippen LogP contribution is 2.21. The van der Waals surface area contributed by atoms with Crippen LogP contribution >= 0.6 is 0 Å². The second-order valence-electron chi connectivity index (χ2n) is 4.07. The fourth-order valence-corrected chi connectivity index (χ4v) is 1.65. The molecule has 2 aromatic heterocycles. The molecule has 0 N–H and O–H groups in total. The van der Waals surface area contributed by atoms with Crippen LogP contribution in [0.1, 0.15) is 24.9 Å². The van der Waals surface area contributed by atoms with Gasteiger partial charge in [-0.3, -0.25) is 14.9 Å². The highest BCUT2D eigenvalue weighted by molar-refractivity contribution is 5.78. The van der Waals surface area contributed by atoms with Gasteiger partial charge < -0.3 is 8.98 Å². The number of hydrogen-bond acceptors (Lipinski definition) is 5. The van der Waals surface area contributed by atoms with Crippen LogP contribution in [0.2, 0.25) is 0 Å². The number of Topliss-reactive ketones (excluding diaryl/α,β-unsaturated/α-hetero) is 1. The topological polar surface area (TPSA) is 91.2 Å². The Morgan fingerprint density at radius 1 is 1.55 bits per heavy atom. The van der Waals surface area contributed by atoms with Crippen molar-refractivity contribution in [3.63, 3.8) is 0 Å². The van der Waals surface area contributed by atoms with E-state index in [-0.39, 0.29) is 23.8 Å². The monoisotopic (exact) mass is 275 g/mol. The molecule has 0 spiro atoms. The Bertz CT molecular complexity index is 654. The van der Waals surface area contributed by atoms with Crippen LogP contribution in [-0.2, 0) is 11.3 Å². The van der Waals surface area contributed by atoms with Gasteiger partial charge >= 0.3 is 5.69 Å². The Labute approximate surface area is 114 Å². The zero-order chi connectivity index (χ0) is 14.5. The lowest BCUT2D eigenvalue weighted by atomic mass is 10.3. The lowest BCUT2D eigenvalue weighted by Gasteiger charge is -2.02. The molecule has 104 valence electrons. The molecule has 0 saturated carbocycles. The van der Waals surface area contributed by atoms with E-state index in [1.165, 1.54) is 18.4 Å². The molecule has 2 rings (SSSR count). The van der Waals surface area contributed by atoms with E-state index in [0.717, 1.165) is 0 Å². The van der Waals surface area contributed by atoms with Gasteiger partial charge in [0, 0.05) is 18.8 Å². The van der Waals surface area contributed by atoms with Crippen molar-refractivity contribution >= 4 is 23.6 Å². The number of nitrogens with zero attached hydrogens (tertiary/aromatic N) is 3. The molecule has 0 aliphatic carbocycles.